The summed E-state index contributed by atoms with van der Waals surface area (Å²) in [5.41, 5.74) is 1.80. The molecule has 27 heavy (non-hydrogen) atoms. The highest BCUT2D eigenvalue weighted by atomic mass is 19.1. The van der Waals surface area contributed by atoms with E-state index in [4.69, 9.17) is 21.3 Å². The van der Waals surface area contributed by atoms with Crippen molar-refractivity contribution in [3.8, 4) is 23.1 Å². The number of ether oxygens (including phenoxy) is 2. The molecule has 0 unspecified atom stereocenters. The average molecular weight is 359 g/mol. The van der Waals surface area contributed by atoms with Gasteiger partial charge in [-0.2, -0.15) is 0 Å². The first-order valence-electron chi connectivity index (χ1n) is 7.92. The summed E-state index contributed by atoms with van der Waals surface area (Å²) < 4.78 is 25.4. The van der Waals surface area contributed by atoms with Crippen LogP contribution >= 0.6 is 0 Å². The van der Waals surface area contributed by atoms with Crippen molar-refractivity contribution in [2.24, 2.45) is 0 Å². The molecule has 0 N–H and O–H groups in total. The van der Waals surface area contributed by atoms with Gasteiger partial charge in [-0.3, -0.25) is 0 Å². The molecular formula is C21H14FN3O2. The Morgan fingerprint density at radius 1 is 1.19 bits per heavy atom. The van der Waals surface area contributed by atoms with Crippen LogP contribution in [0, 0.1) is 23.7 Å². The Hall–Kier alpha value is -3.90. The Morgan fingerprint density at radius 2 is 1.93 bits per heavy atom. The number of pyridine rings is 1. The predicted octanol–water partition coefficient (Wildman–Crippen LogP) is 4.81. The lowest BCUT2D eigenvalue weighted by Crippen LogP contribution is -1.97. The Kier molecular flexibility index (Phi) is 5.01. The fourth-order valence-electron chi connectivity index (χ4n) is 2.81. The molecule has 0 aliphatic rings. The molecule has 1 aromatic heterocycles. The number of fused-ring (bicyclic) bond motifs is 1. The molecule has 0 saturated carbocycles. The van der Waals surface area contributed by atoms with Gasteiger partial charge in [-0.25, -0.2) is 19.5 Å². The molecule has 132 valence electrons. The van der Waals surface area contributed by atoms with Gasteiger partial charge in [-0.15, -0.1) is 0 Å². The second-order valence-corrected chi connectivity index (χ2v) is 5.53. The van der Waals surface area contributed by atoms with Crippen LogP contribution in [-0.2, 0) is 4.74 Å². The number of methoxy groups -OCH3 is 2. The minimum atomic E-state index is -0.580. The van der Waals surface area contributed by atoms with Crippen LogP contribution in [0.3, 0.4) is 0 Å². The number of rotatable bonds is 4. The lowest BCUT2D eigenvalue weighted by atomic mass is 10.0. The second kappa shape index (κ2) is 7.55. The number of nitriles is 1. The molecule has 3 rings (SSSR count). The molecule has 0 amide bonds. The van der Waals surface area contributed by atoms with Gasteiger partial charge < -0.3 is 9.47 Å². The highest BCUT2D eigenvalue weighted by Gasteiger charge is 2.17. The van der Waals surface area contributed by atoms with E-state index in [-0.39, 0.29) is 22.4 Å². The van der Waals surface area contributed by atoms with Gasteiger partial charge in [0.1, 0.15) is 17.3 Å². The van der Waals surface area contributed by atoms with Crippen LogP contribution in [-0.4, -0.2) is 19.2 Å². The van der Waals surface area contributed by atoms with Gasteiger partial charge in [0.2, 0.25) is 0 Å². The zero-order chi connectivity index (χ0) is 19.4. The summed E-state index contributed by atoms with van der Waals surface area (Å²) in [6.07, 6.45) is 0. The summed E-state index contributed by atoms with van der Waals surface area (Å²) in [7, 11) is 2.79. The minimum Gasteiger partial charge on any atom is -0.506 e. The number of hydrogen-bond acceptors (Lipinski definition) is 4. The molecule has 0 aliphatic carbocycles. The molecule has 2 aromatic carbocycles. The highest BCUT2D eigenvalue weighted by Crippen LogP contribution is 2.34. The number of hydrogen-bond donors (Lipinski definition) is 0. The molecule has 0 radical (unpaired) electrons. The van der Waals surface area contributed by atoms with Crippen LogP contribution < -0.4 is 4.74 Å². The van der Waals surface area contributed by atoms with E-state index >= 15 is 0 Å². The van der Waals surface area contributed by atoms with Crippen LogP contribution in [0.25, 0.3) is 32.8 Å². The predicted molar refractivity (Wildman–Crippen MR) is 99.8 cm³/mol. The maximum Gasteiger partial charge on any atom is 0.303 e. The van der Waals surface area contributed by atoms with Gasteiger partial charge in [0.15, 0.2) is 0 Å². The Bertz CT molecular complexity index is 1110. The zero-order valence-electron chi connectivity index (χ0n) is 14.7. The Balaban J connectivity index is 2.33. The van der Waals surface area contributed by atoms with Crippen LogP contribution in [0.1, 0.15) is 5.56 Å². The van der Waals surface area contributed by atoms with Crippen molar-refractivity contribution in [1.29, 1.82) is 5.26 Å². The standard InChI is InChI=1S/C21H14FN3O2/c1-24-18(12-23)21(27-3)14-9-15(22)20-17(10-14)25-16(11-19(20)26-2)13-7-5-4-6-8-13/h4-11H,2-3H3/b21-18-. The smallest absolute Gasteiger partial charge is 0.303 e. The summed E-state index contributed by atoms with van der Waals surface area (Å²) >= 11 is 0. The third kappa shape index (κ3) is 3.29. The normalized spacial score (nSPS) is 11.3. The second-order valence-electron chi connectivity index (χ2n) is 5.53. The van der Waals surface area contributed by atoms with Crippen LogP contribution in [0.15, 0.2) is 54.2 Å². The number of nitrogens with zero attached hydrogens (tertiary/aromatic N) is 3. The molecule has 5 nitrogen and oxygen atoms in total. The third-order valence-corrected chi connectivity index (χ3v) is 4.01. The maximum atomic E-state index is 14.8. The van der Waals surface area contributed by atoms with E-state index in [9.17, 15) is 4.39 Å². The molecule has 0 bridgehead atoms. The van der Waals surface area contributed by atoms with Crippen molar-refractivity contribution < 1.29 is 13.9 Å². The molecule has 0 aliphatic heterocycles. The number of halogens is 1. The van der Waals surface area contributed by atoms with Crippen molar-refractivity contribution in [2.45, 2.75) is 0 Å². The van der Waals surface area contributed by atoms with Crippen LogP contribution in [0.4, 0.5) is 4.39 Å². The van der Waals surface area contributed by atoms with Crippen molar-refractivity contribution in [3.05, 3.63) is 77.0 Å². The van der Waals surface area contributed by atoms with Gasteiger partial charge in [-0.1, -0.05) is 30.3 Å². The van der Waals surface area contributed by atoms with Crippen molar-refractivity contribution in [3.63, 3.8) is 0 Å². The van der Waals surface area contributed by atoms with E-state index < -0.39 is 5.82 Å². The van der Waals surface area contributed by atoms with Crippen molar-refractivity contribution >= 4 is 16.7 Å². The lowest BCUT2D eigenvalue weighted by Gasteiger charge is -2.13. The van der Waals surface area contributed by atoms with Gasteiger partial charge >= 0.3 is 5.70 Å². The fraction of sp³-hybridized carbons (Fsp3) is 0.0952. The monoisotopic (exact) mass is 359 g/mol. The first-order chi connectivity index (χ1) is 13.1. The molecular weight excluding hydrogens is 345 g/mol. The Labute approximate surface area is 155 Å². The van der Waals surface area contributed by atoms with Crippen LogP contribution in [0.2, 0.25) is 0 Å². The highest BCUT2D eigenvalue weighted by molar-refractivity contribution is 5.91. The number of benzene rings is 2. The molecule has 3 aromatic rings. The van der Waals surface area contributed by atoms with Crippen LogP contribution in [0.5, 0.6) is 5.75 Å². The molecule has 0 saturated heterocycles. The summed E-state index contributed by atoms with van der Waals surface area (Å²) in [5.74, 6) is -0.237. The SMILES string of the molecule is [C-]#[N+]/C(C#N)=C(\OC)c1cc(F)c2c(OC)cc(-c3ccccc3)nc2c1. The van der Waals surface area contributed by atoms with E-state index in [0.717, 1.165) is 5.56 Å². The van der Waals surface area contributed by atoms with Crippen molar-refractivity contribution in [1.82, 2.24) is 4.98 Å². The van der Waals surface area contributed by atoms with E-state index in [2.05, 4.69) is 9.83 Å². The summed E-state index contributed by atoms with van der Waals surface area (Å²) in [4.78, 5) is 7.68. The van der Waals surface area contributed by atoms with Crippen molar-refractivity contribution in [2.75, 3.05) is 14.2 Å². The van der Waals surface area contributed by atoms with E-state index in [1.807, 2.05) is 30.3 Å². The lowest BCUT2D eigenvalue weighted by molar-refractivity contribution is 0.368. The minimum absolute atomic E-state index is 0.000758. The van der Waals surface area contributed by atoms with E-state index in [1.165, 1.54) is 20.3 Å². The van der Waals surface area contributed by atoms with Gasteiger partial charge in [0.05, 0.1) is 43.5 Å². The molecule has 0 atom stereocenters. The number of aromatic nitrogens is 1. The van der Waals surface area contributed by atoms with E-state index in [0.29, 0.717) is 17.0 Å². The van der Waals surface area contributed by atoms with Gasteiger partial charge in [0, 0.05) is 17.2 Å². The largest absolute Gasteiger partial charge is 0.506 e. The fourth-order valence-corrected chi connectivity index (χ4v) is 2.81. The molecule has 0 fully saturated rings. The molecule has 1 heterocycles. The first-order valence-corrected chi connectivity index (χ1v) is 7.92. The topological polar surface area (TPSA) is 59.5 Å². The summed E-state index contributed by atoms with van der Waals surface area (Å²) in [5, 5.41) is 9.34. The maximum absolute atomic E-state index is 14.8. The quantitative estimate of drug-likeness (QED) is 0.381. The molecule has 0 spiro atoms. The first kappa shape index (κ1) is 17.9. The summed E-state index contributed by atoms with van der Waals surface area (Å²) in [6.45, 7) is 7.11. The number of allylic oxidation sites excluding steroid dienone is 1. The Morgan fingerprint density at radius 3 is 2.52 bits per heavy atom. The average Bonchev–Trinajstić information content (AvgIpc) is 2.71. The van der Waals surface area contributed by atoms with Gasteiger partial charge in [-0.05, 0) is 12.1 Å². The summed E-state index contributed by atoms with van der Waals surface area (Å²) in [6, 6.07) is 15.7. The van der Waals surface area contributed by atoms with Gasteiger partial charge in [0.25, 0.3) is 0 Å². The zero-order valence-corrected chi connectivity index (χ0v) is 14.7. The van der Waals surface area contributed by atoms with E-state index in [1.54, 1.807) is 18.2 Å². The molecule has 6 heteroatoms. The third-order valence-electron chi connectivity index (χ3n) is 4.01.